The van der Waals surface area contributed by atoms with Crippen LogP contribution < -0.4 is 11.1 Å². The number of hydrogen-bond acceptors (Lipinski definition) is 3. The second-order valence-corrected chi connectivity index (χ2v) is 7.98. The molecule has 0 radical (unpaired) electrons. The summed E-state index contributed by atoms with van der Waals surface area (Å²) in [6, 6.07) is 11.1. The molecule has 0 unspecified atom stereocenters. The fourth-order valence-electron chi connectivity index (χ4n) is 4.37. The molecule has 0 bridgehead atoms. The van der Waals surface area contributed by atoms with Crippen LogP contribution in [-0.4, -0.2) is 43.0 Å². The number of nitrogens with zero attached hydrogens (tertiary/aromatic N) is 1. The third kappa shape index (κ3) is 3.65. The van der Waals surface area contributed by atoms with Crippen LogP contribution in [0.3, 0.4) is 0 Å². The molecule has 24 heavy (non-hydrogen) atoms. The van der Waals surface area contributed by atoms with Crippen LogP contribution in [-0.2, 0) is 4.79 Å². The number of amides is 1. The largest absolute Gasteiger partial charge is 0.352 e. The van der Waals surface area contributed by atoms with E-state index in [4.69, 9.17) is 5.73 Å². The third-order valence-corrected chi connectivity index (χ3v) is 6.00. The summed E-state index contributed by atoms with van der Waals surface area (Å²) in [5, 5.41) is 3.34. The Morgan fingerprint density at radius 3 is 2.38 bits per heavy atom. The van der Waals surface area contributed by atoms with Crippen LogP contribution >= 0.6 is 0 Å². The molecule has 4 nitrogen and oxygen atoms in total. The van der Waals surface area contributed by atoms with E-state index in [1.165, 1.54) is 31.2 Å². The van der Waals surface area contributed by atoms with E-state index in [0.717, 1.165) is 24.9 Å². The molecule has 0 spiro atoms. The van der Waals surface area contributed by atoms with Crippen LogP contribution in [0.25, 0.3) is 0 Å². The van der Waals surface area contributed by atoms with Crippen molar-refractivity contribution in [2.24, 2.45) is 23.5 Å². The molecule has 1 aromatic carbocycles. The van der Waals surface area contributed by atoms with Crippen LogP contribution in [0.4, 0.5) is 0 Å². The Balaban J connectivity index is 1.34. The van der Waals surface area contributed by atoms with Gasteiger partial charge < -0.3 is 11.1 Å². The normalized spacial score (nSPS) is 27.6. The predicted octanol–water partition coefficient (Wildman–Crippen LogP) is 1.97. The highest BCUT2D eigenvalue weighted by atomic mass is 16.2. The second kappa shape index (κ2) is 6.85. The molecule has 1 amide bonds. The van der Waals surface area contributed by atoms with Gasteiger partial charge in [0.1, 0.15) is 0 Å². The monoisotopic (exact) mass is 327 g/mol. The number of benzene rings is 1. The molecule has 2 atom stereocenters. The number of nitrogens with one attached hydrogen (secondary N) is 1. The summed E-state index contributed by atoms with van der Waals surface area (Å²) in [6.45, 7) is 3.08. The van der Waals surface area contributed by atoms with Gasteiger partial charge in [-0.3, -0.25) is 9.69 Å². The summed E-state index contributed by atoms with van der Waals surface area (Å²) >= 11 is 0. The average Bonchev–Trinajstić information content (AvgIpc) is 3.51. The minimum Gasteiger partial charge on any atom is -0.352 e. The lowest BCUT2D eigenvalue weighted by molar-refractivity contribution is -0.123. The van der Waals surface area contributed by atoms with Crippen LogP contribution in [0.2, 0.25) is 0 Å². The molecule has 1 heterocycles. The standard InChI is InChI=1S/C20H29N3O/c21-10-17-11-23(12-18(17)14-4-2-1-3-5-14)13-19(24)22-20(15-6-7-15)16-8-9-16/h1-5,15-18,20H,6-13,21H2,(H,22,24)/t17-,18+/m1/s1. The van der Waals surface area contributed by atoms with Gasteiger partial charge in [0.25, 0.3) is 0 Å². The van der Waals surface area contributed by atoms with Gasteiger partial charge in [-0.05, 0) is 55.5 Å². The van der Waals surface area contributed by atoms with Gasteiger partial charge in [0.05, 0.1) is 6.54 Å². The number of rotatable bonds is 7. The van der Waals surface area contributed by atoms with Gasteiger partial charge in [0.15, 0.2) is 0 Å². The minimum absolute atomic E-state index is 0.211. The first kappa shape index (κ1) is 16.1. The zero-order valence-corrected chi connectivity index (χ0v) is 14.4. The maximum Gasteiger partial charge on any atom is 0.234 e. The Kier molecular flexibility index (Phi) is 4.59. The third-order valence-electron chi connectivity index (χ3n) is 6.00. The van der Waals surface area contributed by atoms with Crippen LogP contribution in [0.5, 0.6) is 0 Å². The lowest BCUT2D eigenvalue weighted by Crippen LogP contribution is -2.43. The highest BCUT2D eigenvalue weighted by Crippen LogP contribution is 2.44. The van der Waals surface area contributed by atoms with E-state index in [1.54, 1.807) is 0 Å². The number of hydrogen-bond donors (Lipinski definition) is 2. The van der Waals surface area contributed by atoms with Gasteiger partial charge in [-0.15, -0.1) is 0 Å². The van der Waals surface area contributed by atoms with Gasteiger partial charge in [-0.1, -0.05) is 30.3 Å². The molecular weight excluding hydrogens is 298 g/mol. The first-order chi connectivity index (χ1) is 11.7. The van der Waals surface area contributed by atoms with Crippen LogP contribution in [0, 0.1) is 17.8 Å². The van der Waals surface area contributed by atoms with E-state index in [-0.39, 0.29) is 5.91 Å². The Morgan fingerprint density at radius 2 is 1.79 bits per heavy atom. The molecule has 1 aromatic rings. The summed E-state index contributed by atoms with van der Waals surface area (Å²) in [5.74, 6) is 2.63. The van der Waals surface area contributed by atoms with Crippen molar-refractivity contribution in [2.75, 3.05) is 26.2 Å². The summed E-state index contributed by atoms with van der Waals surface area (Å²) < 4.78 is 0. The van der Waals surface area contributed by atoms with E-state index in [2.05, 4.69) is 40.5 Å². The lowest BCUT2D eigenvalue weighted by Gasteiger charge is -2.21. The minimum atomic E-state index is 0.211. The molecule has 0 aromatic heterocycles. The van der Waals surface area contributed by atoms with Gasteiger partial charge in [-0.2, -0.15) is 0 Å². The van der Waals surface area contributed by atoms with Crippen molar-refractivity contribution in [2.45, 2.75) is 37.6 Å². The molecule has 2 aliphatic carbocycles. The van der Waals surface area contributed by atoms with Crippen molar-refractivity contribution in [3.05, 3.63) is 35.9 Å². The van der Waals surface area contributed by atoms with Crippen molar-refractivity contribution < 1.29 is 4.79 Å². The molecule has 2 saturated carbocycles. The molecule has 130 valence electrons. The molecule has 3 N–H and O–H groups in total. The summed E-state index contributed by atoms with van der Waals surface area (Å²) in [5.41, 5.74) is 7.36. The summed E-state index contributed by atoms with van der Waals surface area (Å²) in [7, 11) is 0. The molecule has 3 aliphatic rings. The van der Waals surface area contributed by atoms with Crippen molar-refractivity contribution >= 4 is 5.91 Å². The molecule has 3 fully saturated rings. The predicted molar refractivity (Wildman–Crippen MR) is 95.5 cm³/mol. The summed E-state index contributed by atoms with van der Waals surface area (Å²) in [6.07, 6.45) is 5.21. The van der Waals surface area contributed by atoms with Crippen LogP contribution in [0.15, 0.2) is 30.3 Å². The first-order valence-electron chi connectivity index (χ1n) is 9.51. The van der Waals surface area contributed by atoms with E-state index < -0.39 is 0 Å². The number of nitrogens with two attached hydrogens (primary N) is 1. The number of carbonyl (C=O) groups is 1. The highest BCUT2D eigenvalue weighted by Gasteiger charge is 2.42. The Morgan fingerprint density at radius 1 is 1.12 bits per heavy atom. The van der Waals surface area contributed by atoms with Gasteiger partial charge in [-0.25, -0.2) is 0 Å². The van der Waals surface area contributed by atoms with Gasteiger partial charge in [0.2, 0.25) is 5.91 Å². The zero-order valence-electron chi connectivity index (χ0n) is 14.4. The number of carbonyl (C=O) groups excluding carboxylic acids is 1. The van der Waals surface area contributed by atoms with E-state index in [9.17, 15) is 4.79 Å². The second-order valence-electron chi connectivity index (χ2n) is 7.98. The van der Waals surface area contributed by atoms with Crippen molar-refractivity contribution in [1.29, 1.82) is 0 Å². The highest BCUT2D eigenvalue weighted by molar-refractivity contribution is 5.78. The Labute approximate surface area is 144 Å². The molecule has 4 heteroatoms. The number of likely N-dealkylation sites (tertiary alicyclic amines) is 1. The maximum absolute atomic E-state index is 12.5. The van der Waals surface area contributed by atoms with Crippen LogP contribution in [0.1, 0.15) is 37.2 Å². The Bertz CT molecular complexity index is 556. The molecular formula is C20H29N3O. The first-order valence-corrected chi connectivity index (χ1v) is 9.51. The molecule has 4 rings (SSSR count). The fourth-order valence-corrected chi connectivity index (χ4v) is 4.37. The molecule has 1 aliphatic heterocycles. The van der Waals surface area contributed by atoms with E-state index in [0.29, 0.717) is 31.0 Å². The van der Waals surface area contributed by atoms with Gasteiger partial charge >= 0.3 is 0 Å². The lowest BCUT2D eigenvalue weighted by atomic mass is 9.89. The SMILES string of the molecule is NC[C@@H]1CN(CC(=O)NC(C2CC2)C2CC2)C[C@H]1c1ccccc1. The van der Waals surface area contributed by atoms with Crippen molar-refractivity contribution in [1.82, 2.24) is 10.2 Å². The zero-order chi connectivity index (χ0) is 16.5. The fraction of sp³-hybridized carbons (Fsp3) is 0.650. The molecule has 1 saturated heterocycles. The Hall–Kier alpha value is -1.39. The van der Waals surface area contributed by atoms with Gasteiger partial charge in [0, 0.05) is 25.0 Å². The topological polar surface area (TPSA) is 58.4 Å². The van der Waals surface area contributed by atoms with E-state index >= 15 is 0 Å². The summed E-state index contributed by atoms with van der Waals surface area (Å²) in [4.78, 5) is 14.8. The maximum atomic E-state index is 12.5. The van der Waals surface area contributed by atoms with E-state index in [1.807, 2.05) is 0 Å². The van der Waals surface area contributed by atoms with Crippen molar-refractivity contribution in [3.8, 4) is 0 Å². The smallest absolute Gasteiger partial charge is 0.234 e. The average molecular weight is 327 g/mol. The van der Waals surface area contributed by atoms with Crippen molar-refractivity contribution in [3.63, 3.8) is 0 Å². The quantitative estimate of drug-likeness (QED) is 0.805.